The van der Waals surface area contributed by atoms with Gasteiger partial charge in [-0.05, 0) is 36.2 Å². The number of rotatable bonds is 4. The molecule has 21 heavy (non-hydrogen) atoms. The Labute approximate surface area is 123 Å². The molecule has 1 aliphatic heterocycles. The topological polar surface area (TPSA) is 33.6 Å². The quantitative estimate of drug-likeness (QED) is 0.935. The number of hydrogen-bond acceptors (Lipinski definition) is 3. The largest absolute Gasteiger partial charge is 0.489 e. The number of nitrogens with zero attached hydrogens (tertiary/aromatic N) is 1. The summed E-state index contributed by atoms with van der Waals surface area (Å²) >= 11 is 0. The van der Waals surface area contributed by atoms with Crippen molar-refractivity contribution in [3.05, 3.63) is 65.5 Å². The van der Waals surface area contributed by atoms with E-state index >= 15 is 0 Å². The maximum Gasteiger partial charge on any atom is 0.128 e. The van der Waals surface area contributed by atoms with Gasteiger partial charge in [-0.25, -0.2) is 4.39 Å². The van der Waals surface area contributed by atoms with Crippen molar-refractivity contribution in [2.45, 2.75) is 13.0 Å². The zero-order valence-electron chi connectivity index (χ0n) is 11.7. The van der Waals surface area contributed by atoms with Gasteiger partial charge in [0.15, 0.2) is 0 Å². The Morgan fingerprint density at radius 1 is 1.14 bits per heavy atom. The van der Waals surface area contributed by atoms with E-state index in [4.69, 9.17) is 4.74 Å². The Kier molecular flexibility index (Phi) is 4.15. The van der Waals surface area contributed by atoms with E-state index in [1.807, 2.05) is 24.3 Å². The zero-order valence-corrected chi connectivity index (χ0v) is 11.7. The second kappa shape index (κ2) is 6.39. The number of benzene rings is 2. The molecule has 1 N–H and O–H groups in total. The van der Waals surface area contributed by atoms with Crippen molar-refractivity contribution in [1.82, 2.24) is 5.32 Å². The van der Waals surface area contributed by atoms with Gasteiger partial charge in [0.1, 0.15) is 24.0 Å². The first-order valence-corrected chi connectivity index (χ1v) is 7.07. The van der Waals surface area contributed by atoms with Gasteiger partial charge in [0.05, 0.1) is 0 Å². The highest BCUT2D eigenvalue weighted by Crippen LogP contribution is 2.16. The van der Waals surface area contributed by atoms with Gasteiger partial charge < -0.3 is 10.1 Å². The van der Waals surface area contributed by atoms with Crippen molar-refractivity contribution in [2.24, 2.45) is 4.99 Å². The van der Waals surface area contributed by atoms with Crippen LogP contribution in [0.25, 0.3) is 0 Å². The summed E-state index contributed by atoms with van der Waals surface area (Å²) in [6, 6.07) is 14.2. The molecule has 0 radical (unpaired) electrons. The van der Waals surface area contributed by atoms with Gasteiger partial charge in [-0.2, -0.15) is 0 Å². The summed E-state index contributed by atoms with van der Waals surface area (Å²) in [5.41, 5.74) is 1.97. The molecule has 0 spiro atoms. The van der Waals surface area contributed by atoms with Crippen LogP contribution in [0.15, 0.2) is 53.5 Å². The Bertz CT molecular complexity index is 637. The molecule has 0 saturated heterocycles. The molecular weight excluding hydrogens is 267 g/mol. The van der Waals surface area contributed by atoms with E-state index in [9.17, 15) is 4.39 Å². The standard InChI is InChI=1S/C17H17FN2O/c18-15-7-5-13(6-8-15)12-21-16-4-1-3-14(11-16)17-19-9-2-10-20-17/h1,3-8,11H,2,9-10,12H2,(H,19,20). The van der Waals surface area contributed by atoms with Crippen LogP contribution in [-0.4, -0.2) is 18.9 Å². The van der Waals surface area contributed by atoms with Crippen molar-refractivity contribution in [3.8, 4) is 5.75 Å². The summed E-state index contributed by atoms with van der Waals surface area (Å²) in [6.07, 6.45) is 1.07. The van der Waals surface area contributed by atoms with Crippen LogP contribution in [0.5, 0.6) is 5.75 Å². The monoisotopic (exact) mass is 284 g/mol. The van der Waals surface area contributed by atoms with E-state index in [0.29, 0.717) is 6.61 Å². The predicted molar refractivity (Wildman–Crippen MR) is 81.2 cm³/mol. The highest BCUT2D eigenvalue weighted by molar-refractivity contribution is 5.99. The van der Waals surface area contributed by atoms with Crippen molar-refractivity contribution >= 4 is 5.84 Å². The Morgan fingerprint density at radius 2 is 2.00 bits per heavy atom. The number of ether oxygens (including phenoxy) is 1. The first-order valence-electron chi connectivity index (χ1n) is 7.07. The lowest BCUT2D eigenvalue weighted by Crippen LogP contribution is -2.30. The smallest absolute Gasteiger partial charge is 0.128 e. The number of amidine groups is 1. The van der Waals surface area contributed by atoms with Gasteiger partial charge in [0.25, 0.3) is 0 Å². The molecule has 0 aromatic heterocycles. The van der Waals surface area contributed by atoms with E-state index in [-0.39, 0.29) is 5.82 Å². The maximum absolute atomic E-state index is 12.8. The minimum absolute atomic E-state index is 0.234. The van der Waals surface area contributed by atoms with Gasteiger partial charge in [-0.15, -0.1) is 0 Å². The molecule has 0 saturated carbocycles. The first-order chi connectivity index (χ1) is 10.3. The third-order valence-electron chi connectivity index (χ3n) is 3.32. The van der Waals surface area contributed by atoms with Crippen LogP contribution in [0.1, 0.15) is 17.5 Å². The molecule has 1 aliphatic rings. The van der Waals surface area contributed by atoms with Crippen LogP contribution in [0.4, 0.5) is 4.39 Å². The average molecular weight is 284 g/mol. The van der Waals surface area contributed by atoms with Crippen molar-refractivity contribution in [3.63, 3.8) is 0 Å². The number of nitrogens with one attached hydrogen (secondary N) is 1. The van der Waals surface area contributed by atoms with Crippen LogP contribution in [0, 0.1) is 5.82 Å². The average Bonchev–Trinajstić information content (AvgIpc) is 2.55. The van der Waals surface area contributed by atoms with Crippen LogP contribution in [0.3, 0.4) is 0 Å². The predicted octanol–water partition coefficient (Wildman–Crippen LogP) is 3.14. The fraction of sp³-hybridized carbons (Fsp3) is 0.235. The van der Waals surface area contributed by atoms with E-state index in [2.05, 4.69) is 10.3 Å². The fourth-order valence-corrected chi connectivity index (χ4v) is 2.21. The molecule has 2 aromatic carbocycles. The molecule has 0 amide bonds. The van der Waals surface area contributed by atoms with Gasteiger partial charge >= 0.3 is 0 Å². The molecule has 3 nitrogen and oxygen atoms in total. The highest BCUT2D eigenvalue weighted by Gasteiger charge is 2.07. The molecular formula is C17H17FN2O. The van der Waals surface area contributed by atoms with Crippen LogP contribution in [0.2, 0.25) is 0 Å². The van der Waals surface area contributed by atoms with Gasteiger partial charge in [-0.1, -0.05) is 24.3 Å². The second-order valence-corrected chi connectivity index (χ2v) is 4.95. The number of aliphatic imine (C=N–C) groups is 1. The molecule has 0 aliphatic carbocycles. The molecule has 0 unspecified atom stereocenters. The highest BCUT2D eigenvalue weighted by atomic mass is 19.1. The molecule has 1 heterocycles. The molecule has 108 valence electrons. The molecule has 2 aromatic rings. The normalized spacial score (nSPS) is 14.2. The summed E-state index contributed by atoms with van der Waals surface area (Å²) in [5.74, 6) is 1.47. The van der Waals surface area contributed by atoms with E-state index < -0.39 is 0 Å². The molecule has 4 heteroatoms. The summed E-state index contributed by atoms with van der Waals surface area (Å²) in [5, 5.41) is 3.30. The van der Waals surface area contributed by atoms with Crippen molar-refractivity contribution < 1.29 is 9.13 Å². The molecule has 0 bridgehead atoms. The van der Waals surface area contributed by atoms with Crippen molar-refractivity contribution in [2.75, 3.05) is 13.1 Å². The minimum Gasteiger partial charge on any atom is -0.489 e. The molecule has 0 fully saturated rings. The third kappa shape index (κ3) is 3.60. The van der Waals surface area contributed by atoms with E-state index in [1.54, 1.807) is 12.1 Å². The molecule has 3 rings (SSSR count). The maximum atomic E-state index is 12.8. The van der Waals surface area contributed by atoms with Crippen LogP contribution in [-0.2, 0) is 6.61 Å². The summed E-state index contributed by atoms with van der Waals surface area (Å²) in [6.45, 7) is 2.24. The first kappa shape index (κ1) is 13.6. The number of halogens is 1. The van der Waals surface area contributed by atoms with Crippen molar-refractivity contribution in [1.29, 1.82) is 0 Å². The lowest BCUT2D eigenvalue weighted by atomic mass is 10.1. The van der Waals surface area contributed by atoms with Crippen LogP contribution >= 0.6 is 0 Å². The minimum atomic E-state index is -0.234. The lowest BCUT2D eigenvalue weighted by molar-refractivity contribution is 0.306. The van der Waals surface area contributed by atoms with Gasteiger partial charge in [0, 0.05) is 18.7 Å². The zero-order chi connectivity index (χ0) is 14.5. The third-order valence-corrected chi connectivity index (χ3v) is 3.32. The lowest BCUT2D eigenvalue weighted by Gasteiger charge is -2.15. The second-order valence-electron chi connectivity index (χ2n) is 4.95. The van der Waals surface area contributed by atoms with Crippen LogP contribution < -0.4 is 10.1 Å². The summed E-state index contributed by atoms with van der Waals surface area (Å²) < 4.78 is 18.6. The van der Waals surface area contributed by atoms with E-state index in [1.165, 1.54) is 12.1 Å². The Morgan fingerprint density at radius 3 is 2.76 bits per heavy atom. The van der Waals surface area contributed by atoms with Gasteiger partial charge in [0.2, 0.25) is 0 Å². The Balaban J connectivity index is 1.68. The number of hydrogen-bond donors (Lipinski definition) is 1. The molecule has 0 atom stereocenters. The summed E-state index contributed by atoms with van der Waals surface area (Å²) in [4.78, 5) is 4.48. The van der Waals surface area contributed by atoms with E-state index in [0.717, 1.165) is 42.2 Å². The van der Waals surface area contributed by atoms with Gasteiger partial charge in [-0.3, -0.25) is 4.99 Å². The fourth-order valence-electron chi connectivity index (χ4n) is 2.21. The summed E-state index contributed by atoms with van der Waals surface area (Å²) in [7, 11) is 0. The Hall–Kier alpha value is -2.36. The SMILES string of the molecule is Fc1ccc(COc2cccc(C3=NCCCN3)c2)cc1.